The molecule has 150 valence electrons. The standard InChI is InChI=1S/C23H21N5O2/c1-30-17-9-7-15(8-10-17)18-12-28(13-21-22(18)25-14-24-21)23(29)20-11-19(26-27-20)16-5-3-2-4-6-16/h2-11,14,18H,12-13H2,1H3,(H,24,25)(H,26,27). The molecule has 2 aromatic carbocycles. The summed E-state index contributed by atoms with van der Waals surface area (Å²) < 4.78 is 5.27. The van der Waals surface area contributed by atoms with Gasteiger partial charge in [-0.1, -0.05) is 42.5 Å². The number of benzene rings is 2. The molecule has 2 aromatic heterocycles. The first-order chi connectivity index (χ1) is 14.7. The average molecular weight is 399 g/mol. The van der Waals surface area contributed by atoms with Crippen molar-refractivity contribution in [2.75, 3.05) is 13.7 Å². The number of H-pyrrole nitrogens is 2. The van der Waals surface area contributed by atoms with Crippen molar-refractivity contribution in [3.63, 3.8) is 0 Å². The predicted octanol–water partition coefficient (Wildman–Crippen LogP) is 3.60. The maximum absolute atomic E-state index is 13.3. The van der Waals surface area contributed by atoms with E-state index in [0.29, 0.717) is 18.8 Å². The molecule has 7 heteroatoms. The number of fused-ring (bicyclic) bond motifs is 1. The van der Waals surface area contributed by atoms with Gasteiger partial charge in [0, 0.05) is 18.0 Å². The van der Waals surface area contributed by atoms with E-state index in [0.717, 1.165) is 34.0 Å². The molecule has 3 heterocycles. The summed E-state index contributed by atoms with van der Waals surface area (Å²) >= 11 is 0. The maximum atomic E-state index is 13.3. The Kier molecular flexibility index (Phi) is 4.55. The molecular formula is C23H21N5O2. The number of carbonyl (C=O) groups excluding carboxylic acids is 1. The highest BCUT2D eigenvalue weighted by Crippen LogP contribution is 2.33. The number of amides is 1. The predicted molar refractivity (Wildman–Crippen MR) is 112 cm³/mol. The van der Waals surface area contributed by atoms with Crippen molar-refractivity contribution in [3.8, 4) is 17.0 Å². The number of rotatable bonds is 4. The highest BCUT2D eigenvalue weighted by atomic mass is 16.5. The van der Waals surface area contributed by atoms with E-state index in [-0.39, 0.29) is 11.8 Å². The lowest BCUT2D eigenvalue weighted by Gasteiger charge is -2.32. The van der Waals surface area contributed by atoms with Crippen molar-refractivity contribution in [1.29, 1.82) is 0 Å². The van der Waals surface area contributed by atoms with Gasteiger partial charge in [-0.15, -0.1) is 0 Å². The molecule has 0 radical (unpaired) electrons. The number of hydrogen-bond acceptors (Lipinski definition) is 4. The molecule has 0 spiro atoms. The number of aromatic nitrogens is 4. The van der Waals surface area contributed by atoms with Crippen LogP contribution in [-0.2, 0) is 6.54 Å². The number of imidazole rings is 1. The molecule has 1 aliphatic rings. The Bertz CT molecular complexity index is 1160. The summed E-state index contributed by atoms with van der Waals surface area (Å²) in [5.74, 6) is 0.713. The number of nitrogens with zero attached hydrogens (tertiary/aromatic N) is 3. The number of aromatic amines is 2. The minimum Gasteiger partial charge on any atom is -0.497 e. The van der Waals surface area contributed by atoms with Crippen molar-refractivity contribution in [1.82, 2.24) is 25.1 Å². The Hall–Kier alpha value is -3.87. The van der Waals surface area contributed by atoms with Crippen LogP contribution in [0.3, 0.4) is 0 Å². The van der Waals surface area contributed by atoms with Gasteiger partial charge in [-0.25, -0.2) is 4.98 Å². The van der Waals surface area contributed by atoms with Gasteiger partial charge in [0.15, 0.2) is 0 Å². The average Bonchev–Trinajstić information content (AvgIpc) is 3.48. The summed E-state index contributed by atoms with van der Waals surface area (Å²) in [5, 5.41) is 7.23. The number of nitrogens with one attached hydrogen (secondary N) is 2. The van der Waals surface area contributed by atoms with Crippen molar-refractivity contribution in [3.05, 3.63) is 89.6 Å². The monoisotopic (exact) mass is 399 g/mol. The molecule has 1 atom stereocenters. The molecule has 0 saturated heterocycles. The Morgan fingerprint density at radius 3 is 2.70 bits per heavy atom. The van der Waals surface area contributed by atoms with Gasteiger partial charge in [0.2, 0.25) is 0 Å². The lowest BCUT2D eigenvalue weighted by molar-refractivity contribution is 0.0716. The Balaban J connectivity index is 1.42. The van der Waals surface area contributed by atoms with Crippen LogP contribution in [0, 0.1) is 0 Å². The first kappa shape index (κ1) is 18.2. The SMILES string of the molecule is COc1ccc(C2CN(C(=O)c3cc(-c4ccccc4)n[nH]3)Cc3[nH]cnc32)cc1. The van der Waals surface area contributed by atoms with Crippen LogP contribution in [0.1, 0.15) is 33.4 Å². The summed E-state index contributed by atoms with van der Waals surface area (Å²) in [6, 6.07) is 19.5. The third-order valence-corrected chi connectivity index (χ3v) is 5.52. The van der Waals surface area contributed by atoms with Crippen molar-refractivity contribution < 1.29 is 9.53 Å². The van der Waals surface area contributed by atoms with Crippen molar-refractivity contribution in [2.24, 2.45) is 0 Å². The van der Waals surface area contributed by atoms with E-state index in [1.165, 1.54) is 0 Å². The van der Waals surface area contributed by atoms with Gasteiger partial charge < -0.3 is 14.6 Å². The first-order valence-electron chi connectivity index (χ1n) is 9.79. The number of carbonyl (C=O) groups is 1. The third kappa shape index (κ3) is 3.24. The van der Waals surface area contributed by atoms with Crippen LogP contribution in [0.25, 0.3) is 11.3 Å². The molecule has 0 bridgehead atoms. The van der Waals surface area contributed by atoms with E-state index >= 15 is 0 Å². The second-order valence-electron chi connectivity index (χ2n) is 7.31. The van der Waals surface area contributed by atoms with E-state index in [1.54, 1.807) is 13.4 Å². The number of ether oxygens (including phenoxy) is 1. The third-order valence-electron chi connectivity index (χ3n) is 5.52. The molecular weight excluding hydrogens is 378 g/mol. The lowest BCUT2D eigenvalue weighted by Crippen LogP contribution is -2.39. The van der Waals surface area contributed by atoms with Crippen LogP contribution in [0.2, 0.25) is 0 Å². The second kappa shape index (κ2) is 7.51. The van der Waals surface area contributed by atoms with Crippen LogP contribution in [0.5, 0.6) is 5.75 Å². The Labute approximate surface area is 173 Å². The first-order valence-corrected chi connectivity index (χ1v) is 9.79. The second-order valence-corrected chi connectivity index (χ2v) is 7.31. The zero-order valence-electron chi connectivity index (χ0n) is 16.5. The highest BCUT2D eigenvalue weighted by molar-refractivity contribution is 5.93. The maximum Gasteiger partial charge on any atom is 0.272 e. The Morgan fingerprint density at radius 2 is 1.93 bits per heavy atom. The number of hydrogen-bond donors (Lipinski definition) is 2. The van der Waals surface area contributed by atoms with Gasteiger partial charge in [0.25, 0.3) is 5.91 Å². The fourth-order valence-electron chi connectivity index (χ4n) is 3.93. The highest BCUT2D eigenvalue weighted by Gasteiger charge is 2.32. The quantitative estimate of drug-likeness (QED) is 0.549. The minimum absolute atomic E-state index is 0.00799. The largest absolute Gasteiger partial charge is 0.497 e. The zero-order valence-corrected chi connectivity index (χ0v) is 16.5. The summed E-state index contributed by atoms with van der Waals surface area (Å²) in [7, 11) is 1.65. The van der Waals surface area contributed by atoms with E-state index in [4.69, 9.17) is 4.74 Å². The normalized spacial score (nSPS) is 15.6. The molecule has 1 unspecified atom stereocenters. The van der Waals surface area contributed by atoms with Crippen LogP contribution < -0.4 is 4.74 Å². The van der Waals surface area contributed by atoms with Gasteiger partial charge >= 0.3 is 0 Å². The van der Waals surface area contributed by atoms with Gasteiger partial charge in [-0.3, -0.25) is 9.89 Å². The van der Waals surface area contributed by atoms with Gasteiger partial charge in [-0.2, -0.15) is 5.10 Å². The van der Waals surface area contributed by atoms with Crippen molar-refractivity contribution in [2.45, 2.75) is 12.5 Å². The number of methoxy groups -OCH3 is 1. The zero-order chi connectivity index (χ0) is 20.5. The molecule has 5 rings (SSSR count). The summed E-state index contributed by atoms with van der Waals surface area (Å²) in [4.78, 5) is 22.8. The lowest BCUT2D eigenvalue weighted by atomic mass is 9.90. The molecule has 1 amide bonds. The molecule has 0 fully saturated rings. The molecule has 7 nitrogen and oxygen atoms in total. The van der Waals surface area contributed by atoms with Gasteiger partial charge in [0.1, 0.15) is 11.4 Å². The molecule has 2 N–H and O–H groups in total. The van der Waals surface area contributed by atoms with Crippen molar-refractivity contribution >= 4 is 5.91 Å². The van der Waals surface area contributed by atoms with E-state index in [1.807, 2.05) is 65.6 Å². The van der Waals surface area contributed by atoms with Crippen LogP contribution in [0.4, 0.5) is 0 Å². The van der Waals surface area contributed by atoms with Gasteiger partial charge in [0.05, 0.1) is 37.1 Å². The summed E-state index contributed by atoms with van der Waals surface area (Å²) in [6.45, 7) is 1.03. The Morgan fingerprint density at radius 1 is 1.13 bits per heavy atom. The fourth-order valence-corrected chi connectivity index (χ4v) is 3.93. The molecule has 0 saturated carbocycles. The molecule has 1 aliphatic heterocycles. The summed E-state index contributed by atoms with van der Waals surface area (Å²) in [5.41, 5.74) is 5.24. The smallest absolute Gasteiger partial charge is 0.272 e. The van der Waals surface area contributed by atoms with Crippen LogP contribution >= 0.6 is 0 Å². The van der Waals surface area contributed by atoms with Crippen LogP contribution in [-0.4, -0.2) is 44.6 Å². The topological polar surface area (TPSA) is 86.9 Å². The minimum atomic E-state index is -0.0801. The van der Waals surface area contributed by atoms with Gasteiger partial charge in [-0.05, 0) is 23.8 Å². The van der Waals surface area contributed by atoms with E-state index in [9.17, 15) is 4.79 Å². The van der Waals surface area contributed by atoms with E-state index < -0.39 is 0 Å². The van der Waals surface area contributed by atoms with E-state index in [2.05, 4.69) is 20.2 Å². The molecule has 30 heavy (non-hydrogen) atoms. The molecule has 0 aliphatic carbocycles. The van der Waals surface area contributed by atoms with Crippen LogP contribution in [0.15, 0.2) is 67.0 Å². The fraction of sp³-hybridized carbons (Fsp3) is 0.174. The summed E-state index contributed by atoms with van der Waals surface area (Å²) in [6.07, 6.45) is 1.69. The molecule has 4 aromatic rings.